The highest BCUT2D eigenvalue weighted by molar-refractivity contribution is 9.10. The Morgan fingerprint density at radius 1 is 1.03 bits per heavy atom. The molecule has 0 aliphatic heterocycles. The van der Waals surface area contributed by atoms with E-state index in [0.717, 1.165) is 46.7 Å². The van der Waals surface area contributed by atoms with E-state index >= 15 is 0 Å². The summed E-state index contributed by atoms with van der Waals surface area (Å²) in [7, 11) is 0. The molecule has 0 saturated heterocycles. The van der Waals surface area contributed by atoms with Gasteiger partial charge in [-0.25, -0.2) is 0 Å². The quantitative estimate of drug-likeness (QED) is 0.326. The number of fused-ring (bicyclic) bond motifs is 1. The van der Waals surface area contributed by atoms with Crippen LogP contribution in [0.3, 0.4) is 0 Å². The lowest BCUT2D eigenvalue weighted by molar-refractivity contribution is 0.262. The van der Waals surface area contributed by atoms with E-state index in [-0.39, 0.29) is 0 Å². The van der Waals surface area contributed by atoms with Gasteiger partial charge in [0.2, 0.25) is 0 Å². The van der Waals surface area contributed by atoms with Crippen molar-refractivity contribution in [3.05, 3.63) is 52.6 Å². The largest absolute Gasteiger partial charge is 0.490 e. The smallest absolute Gasteiger partial charge is 0.163 e. The molecule has 2 aromatic carbocycles. The molecule has 0 aliphatic rings. The Morgan fingerprint density at radius 3 is 2.37 bits per heavy atom. The van der Waals surface area contributed by atoms with Gasteiger partial charge in [-0.3, -0.25) is 4.98 Å². The number of nitrogens with zero attached hydrogens (tertiary/aromatic N) is 2. The van der Waals surface area contributed by atoms with E-state index in [1.54, 1.807) is 6.20 Å². The van der Waals surface area contributed by atoms with Crippen LogP contribution in [0.15, 0.2) is 47.1 Å². The fourth-order valence-electron chi connectivity index (χ4n) is 3.01. The minimum absolute atomic E-state index is 0.474. The molecule has 156 valence electrons. The summed E-state index contributed by atoms with van der Waals surface area (Å²) >= 11 is 3.49. The molecular formula is C24H26BrN3O2. The number of benzene rings is 2. The molecule has 3 rings (SSSR count). The van der Waals surface area contributed by atoms with E-state index in [9.17, 15) is 5.26 Å². The van der Waals surface area contributed by atoms with Crippen molar-refractivity contribution >= 4 is 38.2 Å². The molecule has 3 aromatic rings. The van der Waals surface area contributed by atoms with Gasteiger partial charge in [-0.1, -0.05) is 48.7 Å². The summed E-state index contributed by atoms with van der Waals surface area (Å²) in [5, 5.41) is 13.9. The summed E-state index contributed by atoms with van der Waals surface area (Å²) in [6.07, 6.45) is 5.64. The second-order valence-corrected chi connectivity index (χ2v) is 7.93. The monoisotopic (exact) mass is 467 g/mol. The number of ether oxygens (including phenoxy) is 2. The van der Waals surface area contributed by atoms with Crippen LogP contribution in [0, 0.1) is 11.3 Å². The van der Waals surface area contributed by atoms with Gasteiger partial charge in [0.25, 0.3) is 0 Å². The van der Waals surface area contributed by atoms with Gasteiger partial charge in [0, 0.05) is 27.8 Å². The van der Waals surface area contributed by atoms with E-state index in [2.05, 4.69) is 46.1 Å². The Bertz CT molecular complexity index is 1050. The Kier molecular flexibility index (Phi) is 7.92. The molecule has 0 radical (unpaired) electrons. The Labute approximate surface area is 186 Å². The predicted octanol–water partition coefficient (Wildman–Crippen LogP) is 6.97. The lowest BCUT2D eigenvalue weighted by atomic mass is 10.1. The lowest BCUT2D eigenvalue weighted by Gasteiger charge is -2.16. The van der Waals surface area contributed by atoms with Crippen LogP contribution in [0.5, 0.6) is 11.5 Å². The summed E-state index contributed by atoms with van der Waals surface area (Å²) in [6.45, 7) is 5.51. The third-order valence-corrected chi connectivity index (χ3v) is 5.15. The van der Waals surface area contributed by atoms with Gasteiger partial charge in [-0.05, 0) is 37.1 Å². The topological polar surface area (TPSA) is 67.2 Å². The number of aromatic nitrogens is 1. The van der Waals surface area contributed by atoms with Crippen molar-refractivity contribution in [3.63, 3.8) is 0 Å². The maximum Gasteiger partial charge on any atom is 0.163 e. The summed E-state index contributed by atoms with van der Waals surface area (Å²) in [6, 6.07) is 13.9. The normalized spacial score (nSPS) is 10.6. The SMILES string of the molecule is CCCCOc1cc2ncc(C#N)c(Nc3cccc(Br)c3)c2cc1OCCCC. The average molecular weight is 468 g/mol. The standard InChI is InChI=1S/C24H26BrN3O2/c1-3-5-10-29-22-13-20-21(14-23(22)30-11-6-4-2)27-16-17(15-26)24(20)28-19-9-7-8-18(25)12-19/h7-9,12-14,16H,3-6,10-11H2,1-2H3,(H,27,28). The van der Waals surface area contributed by atoms with Crippen LogP contribution < -0.4 is 14.8 Å². The summed E-state index contributed by atoms with van der Waals surface area (Å²) in [5.41, 5.74) is 2.81. The average Bonchev–Trinajstić information content (AvgIpc) is 2.74. The molecule has 0 spiro atoms. The highest BCUT2D eigenvalue weighted by atomic mass is 79.9. The first-order valence-corrected chi connectivity index (χ1v) is 11.1. The van der Waals surface area contributed by atoms with Gasteiger partial charge >= 0.3 is 0 Å². The van der Waals surface area contributed by atoms with E-state index < -0.39 is 0 Å². The number of hydrogen-bond acceptors (Lipinski definition) is 5. The van der Waals surface area contributed by atoms with Crippen LogP contribution in [-0.4, -0.2) is 18.2 Å². The molecule has 0 aliphatic carbocycles. The number of nitrogens with one attached hydrogen (secondary N) is 1. The van der Waals surface area contributed by atoms with E-state index in [4.69, 9.17) is 9.47 Å². The van der Waals surface area contributed by atoms with Crippen LogP contribution in [0.2, 0.25) is 0 Å². The summed E-state index contributed by atoms with van der Waals surface area (Å²) in [4.78, 5) is 4.49. The molecule has 0 bridgehead atoms. The van der Waals surface area contributed by atoms with Crippen LogP contribution in [-0.2, 0) is 0 Å². The summed E-state index contributed by atoms with van der Waals surface area (Å²) < 4.78 is 13.0. The summed E-state index contributed by atoms with van der Waals surface area (Å²) in [5.74, 6) is 1.37. The molecule has 0 unspecified atom stereocenters. The first-order chi connectivity index (χ1) is 14.7. The second-order valence-electron chi connectivity index (χ2n) is 7.01. The van der Waals surface area contributed by atoms with Crippen molar-refractivity contribution < 1.29 is 9.47 Å². The number of pyridine rings is 1. The molecule has 0 amide bonds. The van der Waals surface area contributed by atoms with Gasteiger partial charge < -0.3 is 14.8 Å². The first kappa shape index (κ1) is 21.9. The van der Waals surface area contributed by atoms with Crippen molar-refractivity contribution in [3.8, 4) is 17.6 Å². The molecule has 1 N–H and O–H groups in total. The van der Waals surface area contributed by atoms with Crippen molar-refractivity contribution in [2.75, 3.05) is 18.5 Å². The van der Waals surface area contributed by atoms with Crippen molar-refractivity contribution in [2.45, 2.75) is 39.5 Å². The van der Waals surface area contributed by atoms with Gasteiger partial charge in [-0.2, -0.15) is 5.26 Å². The minimum Gasteiger partial charge on any atom is -0.490 e. The van der Waals surface area contributed by atoms with E-state index in [1.807, 2.05) is 36.4 Å². The fourth-order valence-corrected chi connectivity index (χ4v) is 3.41. The molecular weight excluding hydrogens is 442 g/mol. The third-order valence-electron chi connectivity index (χ3n) is 4.66. The zero-order valence-corrected chi connectivity index (χ0v) is 19.0. The van der Waals surface area contributed by atoms with Crippen molar-refractivity contribution in [1.29, 1.82) is 5.26 Å². The van der Waals surface area contributed by atoms with Gasteiger partial charge in [0.1, 0.15) is 6.07 Å². The number of anilines is 2. The number of unbranched alkanes of at least 4 members (excludes halogenated alkanes) is 2. The highest BCUT2D eigenvalue weighted by Crippen LogP contribution is 2.37. The fraction of sp³-hybridized carbons (Fsp3) is 0.333. The molecule has 5 nitrogen and oxygen atoms in total. The molecule has 0 atom stereocenters. The minimum atomic E-state index is 0.474. The molecule has 1 aromatic heterocycles. The van der Waals surface area contributed by atoms with Gasteiger partial charge in [0.05, 0.1) is 30.0 Å². The second kappa shape index (κ2) is 10.8. The third kappa shape index (κ3) is 5.43. The van der Waals surface area contributed by atoms with Crippen LogP contribution in [0.25, 0.3) is 10.9 Å². The van der Waals surface area contributed by atoms with Crippen molar-refractivity contribution in [2.24, 2.45) is 0 Å². The maximum absolute atomic E-state index is 9.66. The Morgan fingerprint density at radius 2 is 1.73 bits per heavy atom. The van der Waals surface area contributed by atoms with Gasteiger partial charge in [-0.15, -0.1) is 0 Å². The number of hydrogen-bond donors (Lipinski definition) is 1. The van der Waals surface area contributed by atoms with Crippen LogP contribution in [0.4, 0.5) is 11.4 Å². The molecule has 0 fully saturated rings. The molecule has 0 saturated carbocycles. The number of rotatable bonds is 10. The zero-order chi connectivity index (χ0) is 21.3. The predicted molar refractivity (Wildman–Crippen MR) is 125 cm³/mol. The van der Waals surface area contributed by atoms with Crippen LogP contribution >= 0.6 is 15.9 Å². The lowest BCUT2D eigenvalue weighted by Crippen LogP contribution is -2.04. The molecule has 6 heteroatoms. The Balaban J connectivity index is 2.07. The van der Waals surface area contributed by atoms with Gasteiger partial charge in [0.15, 0.2) is 11.5 Å². The molecule has 30 heavy (non-hydrogen) atoms. The first-order valence-electron chi connectivity index (χ1n) is 10.3. The van der Waals surface area contributed by atoms with E-state index in [0.29, 0.717) is 36.0 Å². The number of halogens is 1. The Hall–Kier alpha value is -2.78. The number of nitriles is 1. The zero-order valence-electron chi connectivity index (χ0n) is 17.4. The maximum atomic E-state index is 9.66. The molecule has 1 heterocycles. The van der Waals surface area contributed by atoms with Crippen LogP contribution in [0.1, 0.15) is 45.1 Å². The van der Waals surface area contributed by atoms with E-state index in [1.165, 1.54) is 0 Å². The highest BCUT2D eigenvalue weighted by Gasteiger charge is 2.15. The van der Waals surface area contributed by atoms with Crippen molar-refractivity contribution in [1.82, 2.24) is 4.98 Å².